The largest absolute Gasteiger partial charge is 0.390 e. The molecule has 0 aromatic rings. The first kappa shape index (κ1) is 11.2. The first-order valence-corrected chi connectivity index (χ1v) is 3.98. The van der Waals surface area contributed by atoms with Gasteiger partial charge in [-0.3, -0.25) is 0 Å². The second-order valence-corrected chi connectivity index (χ2v) is 3.69. The van der Waals surface area contributed by atoms with Crippen LogP contribution in [0.25, 0.3) is 0 Å². The van der Waals surface area contributed by atoms with Gasteiger partial charge in [-0.15, -0.1) is 12.4 Å². The third kappa shape index (κ3) is 2.08. The van der Waals surface area contributed by atoms with E-state index < -0.39 is 5.60 Å². The molecular weight excluding hydrogens is 162 g/mol. The van der Waals surface area contributed by atoms with E-state index in [0.717, 1.165) is 13.1 Å². The van der Waals surface area contributed by atoms with E-state index >= 15 is 0 Å². The predicted molar refractivity (Wildman–Crippen MR) is 49.1 cm³/mol. The molecule has 3 heteroatoms. The van der Waals surface area contributed by atoms with Crippen molar-refractivity contribution in [2.75, 3.05) is 13.1 Å². The molecule has 1 heterocycles. The van der Waals surface area contributed by atoms with E-state index in [-0.39, 0.29) is 12.4 Å². The van der Waals surface area contributed by atoms with E-state index in [9.17, 15) is 5.11 Å². The Morgan fingerprint density at radius 2 is 1.64 bits per heavy atom. The van der Waals surface area contributed by atoms with Gasteiger partial charge in [0.2, 0.25) is 0 Å². The molecule has 0 aromatic carbocycles. The Morgan fingerprint density at radius 3 is 1.91 bits per heavy atom. The molecule has 1 aliphatic heterocycles. The third-order valence-corrected chi connectivity index (χ3v) is 2.90. The van der Waals surface area contributed by atoms with Crippen LogP contribution in [0.1, 0.15) is 20.8 Å². The molecule has 0 aromatic heterocycles. The van der Waals surface area contributed by atoms with Crippen molar-refractivity contribution in [1.29, 1.82) is 0 Å². The van der Waals surface area contributed by atoms with Crippen molar-refractivity contribution in [1.82, 2.24) is 5.32 Å². The highest BCUT2D eigenvalue weighted by atomic mass is 35.5. The van der Waals surface area contributed by atoms with Crippen molar-refractivity contribution in [3.63, 3.8) is 0 Å². The summed E-state index contributed by atoms with van der Waals surface area (Å²) < 4.78 is 0. The highest BCUT2D eigenvalue weighted by Crippen LogP contribution is 2.27. The van der Waals surface area contributed by atoms with E-state index in [1.807, 2.05) is 6.92 Å². The van der Waals surface area contributed by atoms with E-state index in [1.54, 1.807) is 0 Å². The normalized spacial score (nSPS) is 44.7. The minimum absolute atomic E-state index is 0. The van der Waals surface area contributed by atoms with Gasteiger partial charge >= 0.3 is 0 Å². The fourth-order valence-electron chi connectivity index (χ4n) is 1.42. The fraction of sp³-hybridized carbons (Fsp3) is 1.00. The third-order valence-electron chi connectivity index (χ3n) is 2.90. The summed E-state index contributed by atoms with van der Waals surface area (Å²) >= 11 is 0. The van der Waals surface area contributed by atoms with Crippen LogP contribution in [-0.4, -0.2) is 23.8 Å². The van der Waals surface area contributed by atoms with Crippen LogP contribution in [0.3, 0.4) is 0 Å². The number of halogens is 1. The molecule has 0 amide bonds. The number of aliphatic hydroxyl groups is 1. The number of nitrogens with one attached hydrogen (secondary N) is 1. The molecule has 0 saturated carbocycles. The molecule has 2 N–H and O–H groups in total. The van der Waals surface area contributed by atoms with E-state index in [0.29, 0.717) is 11.8 Å². The lowest BCUT2D eigenvalue weighted by molar-refractivity contribution is -0.0575. The highest BCUT2D eigenvalue weighted by Gasteiger charge is 2.36. The van der Waals surface area contributed by atoms with E-state index in [4.69, 9.17) is 0 Å². The second kappa shape index (κ2) is 3.74. The van der Waals surface area contributed by atoms with Crippen LogP contribution in [0.2, 0.25) is 0 Å². The molecular formula is C8H18ClNO. The van der Waals surface area contributed by atoms with Crippen LogP contribution in [0.15, 0.2) is 0 Å². The molecule has 68 valence electrons. The minimum atomic E-state index is -0.467. The average molecular weight is 180 g/mol. The Morgan fingerprint density at radius 1 is 1.27 bits per heavy atom. The van der Waals surface area contributed by atoms with Crippen molar-refractivity contribution < 1.29 is 5.11 Å². The van der Waals surface area contributed by atoms with Crippen molar-refractivity contribution in [2.45, 2.75) is 26.4 Å². The van der Waals surface area contributed by atoms with Crippen molar-refractivity contribution in [2.24, 2.45) is 11.8 Å². The van der Waals surface area contributed by atoms with Gasteiger partial charge in [0.25, 0.3) is 0 Å². The van der Waals surface area contributed by atoms with Crippen molar-refractivity contribution in [3.8, 4) is 0 Å². The average Bonchev–Trinajstić information content (AvgIpc) is 1.84. The van der Waals surface area contributed by atoms with Crippen LogP contribution in [0.5, 0.6) is 0 Å². The number of hydrogen-bond donors (Lipinski definition) is 2. The Labute approximate surface area is 74.8 Å². The smallest absolute Gasteiger partial charge is 0.0694 e. The number of piperidine rings is 1. The number of hydrogen-bond acceptors (Lipinski definition) is 2. The van der Waals surface area contributed by atoms with Gasteiger partial charge in [-0.25, -0.2) is 0 Å². The SMILES string of the molecule is CC1CNCC(C)C1(C)O.Cl. The quantitative estimate of drug-likeness (QED) is 0.583. The lowest BCUT2D eigenvalue weighted by Crippen LogP contribution is -2.52. The molecule has 1 aliphatic rings. The molecule has 2 nitrogen and oxygen atoms in total. The number of rotatable bonds is 0. The Hall–Kier alpha value is 0.210. The van der Waals surface area contributed by atoms with Gasteiger partial charge in [-0.05, 0) is 18.8 Å². The maximum absolute atomic E-state index is 9.87. The minimum Gasteiger partial charge on any atom is -0.390 e. The predicted octanol–water partition coefficient (Wildman–Crippen LogP) is 1.03. The molecule has 0 radical (unpaired) electrons. The van der Waals surface area contributed by atoms with Gasteiger partial charge in [0.15, 0.2) is 0 Å². The van der Waals surface area contributed by atoms with E-state index in [1.165, 1.54) is 0 Å². The Kier molecular flexibility index (Phi) is 3.82. The maximum atomic E-state index is 9.87. The van der Waals surface area contributed by atoms with E-state index in [2.05, 4.69) is 19.2 Å². The zero-order valence-corrected chi connectivity index (χ0v) is 8.24. The molecule has 0 aliphatic carbocycles. The maximum Gasteiger partial charge on any atom is 0.0694 e. The van der Waals surface area contributed by atoms with Crippen molar-refractivity contribution in [3.05, 3.63) is 0 Å². The first-order valence-electron chi connectivity index (χ1n) is 3.98. The van der Waals surface area contributed by atoms with Crippen LogP contribution >= 0.6 is 12.4 Å². The van der Waals surface area contributed by atoms with Crippen LogP contribution < -0.4 is 5.32 Å². The van der Waals surface area contributed by atoms with Gasteiger partial charge in [0.1, 0.15) is 0 Å². The van der Waals surface area contributed by atoms with Crippen LogP contribution in [0.4, 0.5) is 0 Å². The zero-order chi connectivity index (χ0) is 7.78. The summed E-state index contributed by atoms with van der Waals surface area (Å²) in [5.74, 6) is 0.743. The first-order chi connectivity index (χ1) is 4.55. The lowest BCUT2D eigenvalue weighted by Gasteiger charge is -2.40. The highest BCUT2D eigenvalue weighted by molar-refractivity contribution is 5.85. The van der Waals surface area contributed by atoms with Gasteiger partial charge in [-0.2, -0.15) is 0 Å². The van der Waals surface area contributed by atoms with Gasteiger partial charge in [0, 0.05) is 13.1 Å². The van der Waals surface area contributed by atoms with Gasteiger partial charge in [0.05, 0.1) is 5.60 Å². The summed E-state index contributed by atoms with van der Waals surface area (Å²) in [5.41, 5.74) is -0.467. The summed E-state index contributed by atoms with van der Waals surface area (Å²) in [4.78, 5) is 0. The van der Waals surface area contributed by atoms with Crippen molar-refractivity contribution >= 4 is 12.4 Å². The summed E-state index contributed by atoms with van der Waals surface area (Å²) in [7, 11) is 0. The molecule has 1 saturated heterocycles. The summed E-state index contributed by atoms with van der Waals surface area (Å²) in [5, 5.41) is 13.2. The monoisotopic (exact) mass is 179 g/mol. The molecule has 2 atom stereocenters. The lowest BCUT2D eigenvalue weighted by atomic mass is 9.77. The molecule has 0 spiro atoms. The second-order valence-electron chi connectivity index (χ2n) is 3.69. The Bertz CT molecular complexity index is 115. The fourth-order valence-corrected chi connectivity index (χ4v) is 1.42. The topological polar surface area (TPSA) is 32.3 Å². The molecule has 1 rings (SSSR count). The summed E-state index contributed by atoms with van der Waals surface area (Å²) in [6.07, 6.45) is 0. The Balaban J connectivity index is 0.000001000. The standard InChI is InChI=1S/C8H17NO.ClH/c1-6-4-9-5-7(2)8(6,3)10;/h6-7,9-10H,4-5H2,1-3H3;1H. The van der Waals surface area contributed by atoms with Gasteiger partial charge in [-0.1, -0.05) is 13.8 Å². The molecule has 1 fully saturated rings. The molecule has 0 bridgehead atoms. The van der Waals surface area contributed by atoms with Crippen LogP contribution in [-0.2, 0) is 0 Å². The zero-order valence-electron chi connectivity index (χ0n) is 7.42. The molecule has 2 unspecified atom stereocenters. The summed E-state index contributed by atoms with van der Waals surface area (Å²) in [6.45, 7) is 7.99. The molecule has 11 heavy (non-hydrogen) atoms. The summed E-state index contributed by atoms with van der Waals surface area (Å²) in [6, 6.07) is 0. The van der Waals surface area contributed by atoms with Gasteiger partial charge < -0.3 is 10.4 Å². The van der Waals surface area contributed by atoms with Crippen LogP contribution in [0, 0.1) is 11.8 Å².